The van der Waals surface area contributed by atoms with E-state index in [9.17, 15) is 4.79 Å². The molecule has 4 nitrogen and oxygen atoms in total. The zero-order valence-corrected chi connectivity index (χ0v) is 14.4. The lowest BCUT2D eigenvalue weighted by atomic mass is 10.2. The van der Waals surface area contributed by atoms with Gasteiger partial charge in [0.25, 0.3) is 0 Å². The van der Waals surface area contributed by atoms with Gasteiger partial charge in [0, 0.05) is 17.0 Å². The number of para-hydroxylation sites is 1. The maximum Gasteiger partial charge on any atom is 0.240 e. The van der Waals surface area contributed by atoms with Crippen molar-refractivity contribution in [1.29, 1.82) is 0 Å². The van der Waals surface area contributed by atoms with Gasteiger partial charge in [0.2, 0.25) is 5.91 Å². The second-order valence-electron chi connectivity index (χ2n) is 5.35. The Morgan fingerprint density at radius 2 is 1.96 bits per heavy atom. The van der Waals surface area contributed by atoms with E-state index in [1.165, 1.54) is 0 Å². The lowest BCUT2D eigenvalue weighted by Gasteiger charge is -2.09. The molecule has 0 aliphatic carbocycles. The standard InChI is InChI=1S/C19H21ClN2O2/c1-2-3-8-19(23)22-21-13-16-6-4-5-7-18(16)24-14-15-9-11-17(20)12-10-15/h4-7,9-13H,2-3,8,14H2,1H3,(H,22,23)/b21-13-. The summed E-state index contributed by atoms with van der Waals surface area (Å²) < 4.78 is 5.84. The van der Waals surface area contributed by atoms with E-state index in [4.69, 9.17) is 16.3 Å². The zero-order chi connectivity index (χ0) is 17.2. The van der Waals surface area contributed by atoms with Gasteiger partial charge in [-0.05, 0) is 36.2 Å². The third-order valence-corrected chi connectivity index (χ3v) is 3.63. The molecule has 0 unspecified atom stereocenters. The Labute approximate surface area is 147 Å². The van der Waals surface area contributed by atoms with Gasteiger partial charge < -0.3 is 4.74 Å². The molecule has 0 aromatic heterocycles. The maximum atomic E-state index is 11.5. The largest absolute Gasteiger partial charge is 0.488 e. The molecule has 0 fully saturated rings. The van der Waals surface area contributed by atoms with Crippen LogP contribution in [-0.2, 0) is 11.4 Å². The quantitative estimate of drug-likeness (QED) is 0.563. The van der Waals surface area contributed by atoms with Gasteiger partial charge in [0.15, 0.2) is 0 Å². The number of carbonyl (C=O) groups is 1. The Kier molecular flexibility index (Phi) is 7.30. The van der Waals surface area contributed by atoms with Crippen molar-refractivity contribution in [2.75, 3.05) is 0 Å². The van der Waals surface area contributed by atoms with Crippen molar-refractivity contribution < 1.29 is 9.53 Å². The second kappa shape index (κ2) is 9.73. The first-order valence-electron chi connectivity index (χ1n) is 7.97. The molecule has 1 amide bonds. The second-order valence-corrected chi connectivity index (χ2v) is 5.79. The first kappa shape index (κ1) is 18.0. The molecule has 0 heterocycles. The van der Waals surface area contributed by atoms with Crippen molar-refractivity contribution in [3.63, 3.8) is 0 Å². The lowest BCUT2D eigenvalue weighted by Crippen LogP contribution is -2.16. The molecule has 1 N–H and O–H groups in total. The minimum absolute atomic E-state index is 0.0762. The van der Waals surface area contributed by atoms with Gasteiger partial charge in [-0.3, -0.25) is 4.79 Å². The molecule has 126 valence electrons. The normalized spacial score (nSPS) is 10.8. The van der Waals surface area contributed by atoms with Crippen LogP contribution in [0.4, 0.5) is 0 Å². The first-order valence-corrected chi connectivity index (χ1v) is 8.35. The molecule has 0 radical (unpaired) electrons. The summed E-state index contributed by atoms with van der Waals surface area (Å²) in [5, 5.41) is 4.70. The number of halogens is 1. The number of nitrogens with one attached hydrogen (secondary N) is 1. The Hall–Kier alpha value is -2.33. The minimum atomic E-state index is -0.0762. The van der Waals surface area contributed by atoms with Gasteiger partial charge in [-0.25, -0.2) is 5.43 Å². The number of amides is 1. The number of ether oxygens (including phenoxy) is 1. The molecule has 0 bridgehead atoms. The molecule has 24 heavy (non-hydrogen) atoms. The molecule has 0 atom stereocenters. The van der Waals surface area contributed by atoms with Gasteiger partial charge in [-0.15, -0.1) is 0 Å². The van der Waals surface area contributed by atoms with Crippen LogP contribution in [-0.4, -0.2) is 12.1 Å². The van der Waals surface area contributed by atoms with E-state index in [2.05, 4.69) is 10.5 Å². The monoisotopic (exact) mass is 344 g/mol. The average Bonchev–Trinajstić information content (AvgIpc) is 2.60. The lowest BCUT2D eigenvalue weighted by molar-refractivity contribution is -0.121. The zero-order valence-electron chi connectivity index (χ0n) is 13.7. The van der Waals surface area contributed by atoms with Crippen molar-refractivity contribution in [2.24, 2.45) is 5.10 Å². The third kappa shape index (κ3) is 6.05. The van der Waals surface area contributed by atoms with Gasteiger partial charge in [0.05, 0.1) is 6.21 Å². The van der Waals surface area contributed by atoms with E-state index >= 15 is 0 Å². The maximum absolute atomic E-state index is 11.5. The van der Waals surface area contributed by atoms with Crippen LogP contribution in [0.2, 0.25) is 5.02 Å². The summed E-state index contributed by atoms with van der Waals surface area (Å²) in [7, 11) is 0. The average molecular weight is 345 g/mol. The predicted octanol–water partition coefficient (Wildman–Crippen LogP) is 4.56. The molecule has 0 saturated heterocycles. The molecular formula is C19H21ClN2O2. The van der Waals surface area contributed by atoms with E-state index in [1.54, 1.807) is 6.21 Å². The van der Waals surface area contributed by atoms with Crippen LogP contribution in [0.15, 0.2) is 53.6 Å². The molecule has 2 aromatic rings. The summed E-state index contributed by atoms with van der Waals surface area (Å²) >= 11 is 5.88. The van der Waals surface area contributed by atoms with Crippen LogP contribution in [0.5, 0.6) is 5.75 Å². The summed E-state index contributed by atoms with van der Waals surface area (Å²) in [4.78, 5) is 11.5. The number of nitrogens with zero attached hydrogens (tertiary/aromatic N) is 1. The van der Waals surface area contributed by atoms with E-state index in [0.717, 1.165) is 24.0 Å². The topological polar surface area (TPSA) is 50.7 Å². The van der Waals surface area contributed by atoms with Crippen LogP contribution in [0.1, 0.15) is 37.3 Å². The Balaban J connectivity index is 1.94. The van der Waals surface area contributed by atoms with E-state index in [0.29, 0.717) is 23.8 Å². The first-order chi connectivity index (χ1) is 11.7. The van der Waals surface area contributed by atoms with Gasteiger partial charge >= 0.3 is 0 Å². The van der Waals surface area contributed by atoms with E-state index in [1.807, 2.05) is 55.5 Å². The number of hydrogen-bond donors (Lipinski definition) is 1. The fraction of sp³-hybridized carbons (Fsp3) is 0.263. The molecule has 0 aliphatic rings. The Morgan fingerprint density at radius 3 is 2.71 bits per heavy atom. The highest BCUT2D eigenvalue weighted by Gasteiger charge is 2.02. The predicted molar refractivity (Wildman–Crippen MR) is 97.5 cm³/mol. The summed E-state index contributed by atoms with van der Waals surface area (Å²) in [6.45, 7) is 2.48. The van der Waals surface area contributed by atoms with Crippen molar-refractivity contribution in [3.8, 4) is 5.75 Å². The highest BCUT2D eigenvalue weighted by molar-refractivity contribution is 6.30. The fourth-order valence-corrected chi connectivity index (χ4v) is 2.15. The summed E-state index contributed by atoms with van der Waals surface area (Å²) in [6, 6.07) is 15.1. The molecule has 2 rings (SSSR count). The number of benzene rings is 2. The number of unbranched alkanes of at least 4 members (excludes halogenated alkanes) is 1. The Morgan fingerprint density at radius 1 is 1.21 bits per heavy atom. The van der Waals surface area contributed by atoms with Crippen LogP contribution < -0.4 is 10.2 Å². The summed E-state index contributed by atoms with van der Waals surface area (Å²) in [6.07, 6.45) is 3.93. The van der Waals surface area contributed by atoms with E-state index in [-0.39, 0.29) is 5.91 Å². The van der Waals surface area contributed by atoms with Crippen molar-refractivity contribution in [3.05, 3.63) is 64.7 Å². The smallest absolute Gasteiger partial charge is 0.240 e. The number of hydrazone groups is 1. The van der Waals surface area contributed by atoms with Gasteiger partial charge in [0.1, 0.15) is 12.4 Å². The SMILES string of the molecule is CCCCC(=O)N/N=C\c1ccccc1OCc1ccc(Cl)cc1. The molecular weight excluding hydrogens is 324 g/mol. The number of carbonyl (C=O) groups excluding carboxylic acids is 1. The highest BCUT2D eigenvalue weighted by atomic mass is 35.5. The van der Waals surface area contributed by atoms with Crippen LogP contribution >= 0.6 is 11.6 Å². The number of rotatable bonds is 8. The van der Waals surface area contributed by atoms with E-state index < -0.39 is 0 Å². The summed E-state index contributed by atoms with van der Waals surface area (Å²) in [5.41, 5.74) is 4.37. The van der Waals surface area contributed by atoms with Crippen LogP contribution in [0.25, 0.3) is 0 Å². The van der Waals surface area contributed by atoms with Crippen molar-refractivity contribution in [2.45, 2.75) is 32.8 Å². The van der Waals surface area contributed by atoms with Crippen molar-refractivity contribution in [1.82, 2.24) is 5.43 Å². The van der Waals surface area contributed by atoms with Crippen LogP contribution in [0, 0.1) is 0 Å². The third-order valence-electron chi connectivity index (χ3n) is 3.38. The van der Waals surface area contributed by atoms with Crippen molar-refractivity contribution >= 4 is 23.7 Å². The fourth-order valence-electron chi connectivity index (χ4n) is 2.03. The molecule has 0 spiro atoms. The molecule has 0 saturated carbocycles. The number of hydrogen-bond acceptors (Lipinski definition) is 3. The molecule has 0 aliphatic heterocycles. The van der Waals surface area contributed by atoms with Gasteiger partial charge in [-0.2, -0.15) is 5.10 Å². The minimum Gasteiger partial charge on any atom is -0.488 e. The molecule has 2 aromatic carbocycles. The van der Waals surface area contributed by atoms with Crippen LogP contribution in [0.3, 0.4) is 0 Å². The highest BCUT2D eigenvalue weighted by Crippen LogP contribution is 2.18. The van der Waals surface area contributed by atoms with Gasteiger partial charge in [-0.1, -0.05) is 49.2 Å². The molecule has 5 heteroatoms. The Bertz CT molecular complexity index is 684. The summed E-state index contributed by atoms with van der Waals surface area (Å²) in [5.74, 6) is 0.631.